The second-order valence-electron chi connectivity index (χ2n) is 4.00. The Balaban J connectivity index is 2.47. The number of thiazole rings is 1. The molecule has 0 radical (unpaired) electrons. The maximum absolute atomic E-state index is 11.6. The predicted molar refractivity (Wildman–Crippen MR) is 64.4 cm³/mol. The van der Waals surface area contributed by atoms with Crippen molar-refractivity contribution in [3.63, 3.8) is 0 Å². The molecule has 16 heavy (non-hydrogen) atoms. The number of amides is 1. The van der Waals surface area contributed by atoms with E-state index in [-0.39, 0.29) is 12.5 Å². The number of carbonyl (C=O) groups excluding carboxylic acids is 1. The molecule has 0 aliphatic rings. The van der Waals surface area contributed by atoms with Crippen LogP contribution in [0.15, 0.2) is 5.38 Å². The third kappa shape index (κ3) is 3.79. The monoisotopic (exact) mass is 243 g/mol. The van der Waals surface area contributed by atoms with Crippen LogP contribution in [0, 0.1) is 0 Å². The fourth-order valence-corrected chi connectivity index (χ4v) is 1.92. The molecule has 4 N–H and O–H groups in total. The first kappa shape index (κ1) is 12.9. The minimum atomic E-state index is -0.869. The van der Waals surface area contributed by atoms with Crippen molar-refractivity contribution in [2.75, 3.05) is 12.3 Å². The Morgan fingerprint density at radius 3 is 2.94 bits per heavy atom. The van der Waals surface area contributed by atoms with Gasteiger partial charge in [-0.1, -0.05) is 13.3 Å². The van der Waals surface area contributed by atoms with Gasteiger partial charge in [0.1, 0.15) is 5.69 Å². The summed E-state index contributed by atoms with van der Waals surface area (Å²) in [5.74, 6) is -0.302. The van der Waals surface area contributed by atoms with Crippen LogP contribution < -0.4 is 11.1 Å². The van der Waals surface area contributed by atoms with E-state index >= 15 is 0 Å². The molecule has 0 fully saturated rings. The van der Waals surface area contributed by atoms with Crippen LogP contribution in [-0.2, 0) is 0 Å². The maximum atomic E-state index is 11.6. The summed E-state index contributed by atoms with van der Waals surface area (Å²) in [5, 5.41) is 14.5. The van der Waals surface area contributed by atoms with Crippen LogP contribution in [0.5, 0.6) is 0 Å². The first-order valence-electron chi connectivity index (χ1n) is 5.16. The third-order valence-corrected chi connectivity index (χ3v) is 2.85. The van der Waals surface area contributed by atoms with Gasteiger partial charge in [-0.25, -0.2) is 4.98 Å². The van der Waals surface area contributed by atoms with E-state index in [0.717, 1.165) is 6.42 Å². The molecule has 1 rings (SSSR count). The number of nitrogens with zero attached hydrogens (tertiary/aromatic N) is 1. The number of nitrogen functional groups attached to an aromatic ring is 1. The lowest BCUT2D eigenvalue weighted by atomic mass is 10.0. The van der Waals surface area contributed by atoms with Crippen LogP contribution in [0.3, 0.4) is 0 Å². The van der Waals surface area contributed by atoms with E-state index in [9.17, 15) is 9.90 Å². The molecule has 1 amide bonds. The van der Waals surface area contributed by atoms with Gasteiger partial charge in [0, 0.05) is 11.9 Å². The highest BCUT2D eigenvalue weighted by molar-refractivity contribution is 7.13. The first-order chi connectivity index (χ1) is 7.44. The molecule has 5 nitrogen and oxygen atoms in total. The minimum Gasteiger partial charge on any atom is -0.388 e. The van der Waals surface area contributed by atoms with E-state index in [1.165, 1.54) is 11.3 Å². The van der Waals surface area contributed by atoms with Crippen LogP contribution in [0.2, 0.25) is 0 Å². The Labute approximate surface area is 98.7 Å². The molecule has 90 valence electrons. The third-order valence-electron chi connectivity index (χ3n) is 2.17. The van der Waals surface area contributed by atoms with Gasteiger partial charge in [0.05, 0.1) is 5.60 Å². The highest BCUT2D eigenvalue weighted by atomic mass is 32.1. The lowest BCUT2D eigenvalue weighted by molar-refractivity contribution is 0.0468. The van der Waals surface area contributed by atoms with Crippen molar-refractivity contribution >= 4 is 22.4 Å². The van der Waals surface area contributed by atoms with Gasteiger partial charge < -0.3 is 16.2 Å². The topological polar surface area (TPSA) is 88.2 Å². The number of aliphatic hydroxyl groups is 1. The molecule has 1 unspecified atom stereocenters. The van der Waals surface area contributed by atoms with Crippen LogP contribution in [-0.4, -0.2) is 28.1 Å². The number of hydrogen-bond acceptors (Lipinski definition) is 5. The number of carbonyl (C=O) groups is 1. The van der Waals surface area contributed by atoms with E-state index < -0.39 is 5.60 Å². The van der Waals surface area contributed by atoms with Gasteiger partial charge in [-0.05, 0) is 13.3 Å². The Morgan fingerprint density at radius 2 is 2.44 bits per heavy atom. The molecule has 0 aliphatic carbocycles. The van der Waals surface area contributed by atoms with E-state index in [1.807, 2.05) is 6.92 Å². The zero-order valence-corrected chi connectivity index (χ0v) is 10.3. The fourth-order valence-electron chi connectivity index (χ4n) is 1.38. The summed E-state index contributed by atoms with van der Waals surface area (Å²) >= 11 is 1.22. The standard InChI is InChI=1S/C10H17N3O2S/c1-3-4-10(2,15)6-12-8(14)7-5-16-9(11)13-7/h5,15H,3-4,6H2,1-2H3,(H2,11,13)(H,12,14). The summed E-state index contributed by atoms with van der Waals surface area (Å²) in [6.45, 7) is 3.90. The van der Waals surface area contributed by atoms with Gasteiger partial charge in [0.2, 0.25) is 0 Å². The zero-order valence-electron chi connectivity index (χ0n) is 9.49. The summed E-state index contributed by atoms with van der Waals surface area (Å²) < 4.78 is 0. The van der Waals surface area contributed by atoms with Crippen LogP contribution >= 0.6 is 11.3 Å². The number of rotatable bonds is 5. The zero-order chi connectivity index (χ0) is 12.2. The number of nitrogens with two attached hydrogens (primary N) is 1. The van der Waals surface area contributed by atoms with Gasteiger partial charge in [-0.3, -0.25) is 4.79 Å². The molecular weight excluding hydrogens is 226 g/mol. The fraction of sp³-hybridized carbons (Fsp3) is 0.600. The number of hydrogen-bond donors (Lipinski definition) is 3. The van der Waals surface area contributed by atoms with Crippen molar-refractivity contribution in [3.05, 3.63) is 11.1 Å². The molecule has 1 heterocycles. The molecule has 0 bridgehead atoms. The number of anilines is 1. The van der Waals surface area contributed by atoms with Gasteiger partial charge in [0.15, 0.2) is 5.13 Å². The van der Waals surface area contributed by atoms with E-state index in [4.69, 9.17) is 5.73 Å². The van der Waals surface area contributed by atoms with Crippen molar-refractivity contribution in [2.45, 2.75) is 32.3 Å². The summed E-state index contributed by atoms with van der Waals surface area (Å²) in [7, 11) is 0. The molecule has 0 saturated heterocycles. The summed E-state index contributed by atoms with van der Waals surface area (Å²) in [5.41, 5.74) is 4.86. The predicted octanol–water partition coefficient (Wildman–Crippen LogP) is 1.01. The number of aromatic nitrogens is 1. The molecule has 0 spiro atoms. The smallest absolute Gasteiger partial charge is 0.270 e. The molecular formula is C10H17N3O2S. The second kappa shape index (κ2) is 5.27. The highest BCUT2D eigenvalue weighted by Gasteiger charge is 2.20. The Bertz CT molecular complexity index is 363. The molecule has 0 aromatic carbocycles. The highest BCUT2D eigenvalue weighted by Crippen LogP contribution is 2.12. The molecule has 1 aromatic rings. The average Bonchev–Trinajstić information content (AvgIpc) is 2.61. The summed E-state index contributed by atoms with van der Waals surface area (Å²) in [4.78, 5) is 15.4. The van der Waals surface area contributed by atoms with Crippen LogP contribution in [0.4, 0.5) is 5.13 Å². The maximum Gasteiger partial charge on any atom is 0.270 e. The van der Waals surface area contributed by atoms with E-state index in [0.29, 0.717) is 17.2 Å². The van der Waals surface area contributed by atoms with Crippen molar-refractivity contribution in [1.29, 1.82) is 0 Å². The van der Waals surface area contributed by atoms with Crippen molar-refractivity contribution in [3.8, 4) is 0 Å². The summed E-state index contributed by atoms with van der Waals surface area (Å²) in [6.07, 6.45) is 1.51. The van der Waals surface area contributed by atoms with Gasteiger partial charge in [-0.15, -0.1) is 11.3 Å². The quantitative estimate of drug-likeness (QED) is 0.720. The molecule has 6 heteroatoms. The van der Waals surface area contributed by atoms with Crippen molar-refractivity contribution < 1.29 is 9.90 Å². The normalized spacial score (nSPS) is 14.4. The minimum absolute atomic E-state index is 0.219. The Morgan fingerprint density at radius 1 is 1.75 bits per heavy atom. The molecule has 1 atom stereocenters. The Hall–Kier alpha value is -1.14. The second-order valence-corrected chi connectivity index (χ2v) is 4.89. The summed E-state index contributed by atoms with van der Waals surface area (Å²) in [6, 6.07) is 0. The number of nitrogens with one attached hydrogen (secondary N) is 1. The van der Waals surface area contributed by atoms with Crippen molar-refractivity contribution in [2.24, 2.45) is 0 Å². The van der Waals surface area contributed by atoms with Crippen molar-refractivity contribution in [1.82, 2.24) is 10.3 Å². The lowest BCUT2D eigenvalue weighted by Crippen LogP contribution is -2.40. The van der Waals surface area contributed by atoms with Gasteiger partial charge in [-0.2, -0.15) is 0 Å². The van der Waals surface area contributed by atoms with Gasteiger partial charge >= 0.3 is 0 Å². The lowest BCUT2D eigenvalue weighted by Gasteiger charge is -2.22. The van der Waals surface area contributed by atoms with E-state index in [2.05, 4.69) is 10.3 Å². The van der Waals surface area contributed by atoms with Gasteiger partial charge in [0.25, 0.3) is 5.91 Å². The molecule has 1 aromatic heterocycles. The molecule has 0 saturated carbocycles. The van der Waals surface area contributed by atoms with Crippen LogP contribution in [0.25, 0.3) is 0 Å². The largest absolute Gasteiger partial charge is 0.388 e. The first-order valence-corrected chi connectivity index (χ1v) is 6.04. The van der Waals surface area contributed by atoms with Crippen LogP contribution in [0.1, 0.15) is 37.2 Å². The Kier molecular flexibility index (Phi) is 4.26. The SMILES string of the molecule is CCCC(C)(O)CNC(=O)c1csc(N)n1. The molecule has 0 aliphatic heterocycles. The average molecular weight is 243 g/mol. The van der Waals surface area contributed by atoms with E-state index in [1.54, 1.807) is 12.3 Å².